The number of hydrogen-bond donors (Lipinski definition) is 1. The Kier molecular flexibility index (Phi) is 13.0. The predicted molar refractivity (Wildman–Crippen MR) is 136 cm³/mol. The van der Waals surface area contributed by atoms with Crippen LogP contribution in [0, 0.1) is 5.92 Å². The second kappa shape index (κ2) is 15.7. The number of halogens is 2. The van der Waals surface area contributed by atoms with Crippen LogP contribution in [0.5, 0.6) is 5.75 Å². The molecule has 0 bridgehead atoms. The molecule has 2 unspecified atom stereocenters. The van der Waals surface area contributed by atoms with Crippen molar-refractivity contribution in [1.29, 1.82) is 0 Å². The quantitative estimate of drug-likeness (QED) is 0.165. The maximum absolute atomic E-state index is 15.6. The van der Waals surface area contributed by atoms with E-state index in [1.54, 1.807) is 24.3 Å². The van der Waals surface area contributed by atoms with Gasteiger partial charge in [-0.05, 0) is 25.0 Å². The minimum atomic E-state index is -1.84. The Morgan fingerprint density at radius 2 is 1.46 bits per heavy atom. The predicted octanol–water partition coefficient (Wildman–Crippen LogP) is 8.42. The van der Waals surface area contributed by atoms with Crippen LogP contribution in [0.4, 0.5) is 8.78 Å². The van der Waals surface area contributed by atoms with Gasteiger partial charge in [0, 0.05) is 12.2 Å². The Morgan fingerprint density at radius 3 is 2.09 bits per heavy atom. The largest absolute Gasteiger partial charge is 0.493 e. The Balaban J connectivity index is 2.18. The van der Waals surface area contributed by atoms with Crippen molar-refractivity contribution in [3.05, 3.63) is 53.6 Å². The monoisotopic (exact) mass is 492 g/mol. The number of para-hydroxylation sites is 1. The lowest BCUT2D eigenvalue weighted by Gasteiger charge is -2.34. The molecule has 1 aromatic carbocycles. The highest BCUT2D eigenvalue weighted by Crippen LogP contribution is 2.47. The van der Waals surface area contributed by atoms with Gasteiger partial charge in [0.2, 0.25) is 0 Å². The Hall–Kier alpha value is -2.21. The van der Waals surface area contributed by atoms with Crippen molar-refractivity contribution in [1.82, 2.24) is 0 Å². The van der Waals surface area contributed by atoms with E-state index in [0.717, 1.165) is 44.9 Å². The maximum Gasteiger partial charge on any atom is 0.317 e. The van der Waals surface area contributed by atoms with E-state index in [2.05, 4.69) is 13.8 Å². The molecule has 1 aliphatic carbocycles. The van der Waals surface area contributed by atoms with Crippen LogP contribution in [0.3, 0.4) is 0 Å². The van der Waals surface area contributed by atoms with Crippen molar-refractivity contribution < 1.29 is 28.2 Å². The molecule has 0 amide bonds. The minimum Gasteiger partial charge on any atom is -0.493 e. The van der Waals surface area contributed by atoms with Gasteiger partial charge >= 0.3 is 5.97 Å². The first-order valence-corrected chi connectivity index (χ1v) is 13.3. The van der Waals surface area contributed by atoms with E-state index in [0.29, 0.717) is 24.3 Å². The number of carbonyl (C=O) groups is 1. The van der Waals surface area contributed by atoms with Crippen molar-refractivity contribution in [3.8, 4) is 5.75 Å². The average molecular weight is 493 g/mol. The lowest BCUT2D eigenvalue weighted by atomic mass is 9.83. The SMILES string of the molecule is CCCCCCCCOc1ccccc1C1(OCCCCCCCC)C=CC(C(=O)O)C(F)=C1F. The summed E-state index contributed by atoms with van der Waals surface area (Å²) in [5.41, 5.74) is -1.48. The summed E-state index contributed by atoms with van der Waals surface area (Å²) in [5.74, 6) is -5.21. The highest BCUT2D eigenvalue weighted by Gasteiger charge is 2.46. The molecule has 6 heteroatoms. The number of rotatable bonds is 18. The first kappa shape index (κ1) is 29.0. The second-order valence-corrected chi connectivity index (χ2v) is 9.30. The molecule has 196 valence electrons. The molecule has 2 atom stereocenters. The van der Waals surface area contributed by atoms with Crippen LogP contribution in [-0.4, -0.2) is 24.3 Å². The fourth-order valence-corrected chi connectivity index (χ4v) is 4.37. The molecule has 0 fully saturated rings. The molecule has 4 nitrogen and oxygen atoms in total. The summed E-state index contributed by atoms with van der Waals surface area (Å²) in [6.07, 6.45) is 15.4. The molecule has 1 aliphatic rings. The topological polar surface area (TPSA) is 55.8 Å². The molecular formula is C29H42F2O4. The molecular weight excluding hydrogens is 450 g/mol. The van der Waals surface area contributed by atoms with E-state index < -0.39 is 29.1 Å². The van der Waals surface area contributed by atoms with Crippen molar-refractivity contribution in [3.63, 3.8) is 0 Å². The number of unbranched alkanes of at least 4 members (excludes halogenated alkanes) is 10. The van der Waals surface area contributed by atoms with Crippen LogP contribution in [0.2, 0.25) is 0 Å². The van der Waals surface area contributed by atoms with E-state index in [-0.39, 0.29) is 6.61 Å². The van der Waals surface area contributed by atoms with Gasteiger partial charge in [-0.2, -0.15) is 0 Å². The zero-order valence-electron chi connectivity index (χ0n) is 21.4. The standard InChI is InChI=1S/C29H42F2O4/c1-3-5-7-9-11-15-21-34-25-18-14-13-17-24(25)29(35-22-16-12-10-8-6-4-2)20-19-23(28(32)33)26(30)27(29)31/h13-14,17-20,23H,3-12,15-16,21-22H2,1-2H3,(H,32,33). The van der Waals surface area contributed by atoms with Gasteiger partial charge in [0.25, 0.3) is 0 Å². The molecule has 0 aromatic heterocycles. The Labute approximate surface area is 209 Å². The van der Waals surface area contributed by atoms with Gasteiger partial charge in [-0.3, -0.25) is 4.79 Å². The lowest BCUT2D eigenvalue weighted by molar-refractivity contribution is -0.139. The van der Waals surface area contributed by atoms with Crippen LogP contribution in [0.25, 0.3) is 0 Å². The highest BCUT2D eigenvalue weighted by molar-refractivity contribution is 5.76. The number of aliphatic carboxylic acids is 1. The Bertz CT molecular complexity index is 836. The molecule has 2 rings (SSSR count). The summed E-state index contributed by atoms with van der Waals surface area (Å²) in [5, 5.41) is 9.30. The number of benzene rings is 1. The second-order valence-electron chi connectivity index (χ2n) is 9.30. The third-order valence-corrected chi connectivity index (χ3v) is 6.47. The molecule has 35 heavy (non-hydrogen) atoms. The number of ether oxygens (including phenoxy) is 2. The third kappa shape index (κ3) is 8.45. The van der Waals surface area contributed by atoms with Gasteiger partial charge in [-0.15, -0.1) is 0 Å². The molecule has 0 saturated carbocycles. The number of hydrogen-bond acceptors (Lipinski definition) is 3. The summed E-state index contributed by atoms with van der Waals surface area (Å²) >= 11 is 0. The van der Waals surface area contributed by atoms with E-state index in [1.807, 2.05) is 0 Å². The summed E-state index contributed by atoms with van der Waals surface area (Å²) < 4.78 is 42.6. The normalized spacial score (nSPS) is 19.8. The lowest BCUT2D eigenvalue weighted by Crippen LogP contribution is -2.34. The van der Waals surface area contributed by atoms with Crippen LogP contribution < -0.4 is 4.74 Å². The van der Waals surface area contributed by atoms with Crippen molar-refractivity contribution >= 4 is 5.97 Å². The van der Waals surface area contributed by atoms with Gasteiger partial charge in [-0.25, -0.2) is 8.78 Å². The summed E-state index contributed by atoms with van der Waals surface area (Å²) in [6.45, 7) is 5.02. The first-order chi connectivity index (χ1) is 17.0. The molecule has 0 aliphatic heterocycles. The summed E-state index contributed by atoms with van der Waals surface area (Å²) in [6, 6.07) is 6.90. The first-order valence-electron chi connectivity index (χ1n) is 13.3. The molecule has 1 aromatic rings. The van der Waals surface area contributed by atoms with E-state index in [9.17, 15) is 14.3 Å². The van der Waals surface area contributed by atoms with Crippen LogP contribution in [-0.2, 0) is 15.1 Å². The fourth-order valence-electron chi connectivity index (χ4n) is 4.37. The number of carboxylic acid groups (broad SMARTS) is 1. The summed E-state index contributed by atoms with van der Waals surface area (Å²) in [4.78, 5) is 11.4. The van der Waals surface area contributed by atoms with Crippen LogP contribution >= 0.6 is 0 Å². The maximum atomic E-state index is 15.6. The minimum absolute atomic E-state index is 0.223. The van der Waals surface area contributed by atoms with Crippen molar-refractivity contribution in [2.75, 3.05) is 13.2 Å². The zero-order valence-corrected chi connectivity index (χ0v) is 21.4. The molecule has 0 radical (unpaired) electrons. The van der Waals surface area contributed by atoms with Gasteiger partial charge < -0.3 is 14.6 Å². The van der Waals surface area contributed by atoms with E-state index >= 15 is 4.39 Å². The molecule has 0 spiro atoms. The average Bonchev–Trinajstić information content (AvgIpc) is 2.85. The van der Waals surface area contributed by atoms with Crippen LogP contribution in [0.15, 0.2) is 48.1 Å². The molecule has 0 heterocycles. The van der Waals surface area contributed by atoms with E-state index in [4.69, 9.17) is 9.47 Å². The summed E-state index contributed by atoms with van der Waals surface area (Å²) in [7, 11) is 0. The fraction of sp³-hybridized carbons (Fsp3) is 0.621. The van der Waals surface area contributed by atoms with Gasteiger partial charge in [0.05, 0.1) is 6.61 Å². The number of carboxylic acids is 1. The van der Waals surface area contributed by atoms with Gasteiger partial charge in [0.1, 0.15) is 11.7 Å². The van der Waals surface area contributed by atoms with E-state index in [1.165, 1.54) is 37.8 Å². The zero-order chi connectivity index (χ0) is 25.5. The molecule has 1 N–H and O–H groups in total. The van der Waals surface area contributed by atoms with Crippen molar-refractivity contribution in [2.45, 2.75) is 96.5 Å². The van der Waals surface area contributed by atoms with Gasteiger partial charge in [-0.1, -0.05) is 102 Å². The third-order valence-electron chi connectivity index (χ3n) is 6.47. The van der Waals surface area contributed by atoms with Gasteiger partial charge in [0.15, 0.2) is 17.3 Å². The Morgan fingerprint density at radius 1 is 0.886 bits per heavy atom. The smallest absolute Gasteiger partial charge is 0.317 e. The van der Waals surface area contributed by atoms with Crippen LogP contribution in [0.1, 0.15) is 96.5 Å². The van der Waals surface area contributed by atoms with Crippen molar-refractivity contribution in [2.24, 2.45) is 5.92 Å². The molecule has 0 saturated heterocycles. The highest BCUT2D eigenvalue weighted by atomic mass is 19.2.